The first-order chi connectivity index (χ1) is 13.0. The van der Waals surface area contributed by atoms with Gasteiger partial charge in [0.15, 0.2) is 5.82 Å². The summed E-state index contributed by atoms with van der Waals surface area (Å²) in [5.74, 6) is 7.24. The van der Waals surface area contributed by atoms with Gasteiger partial charge in [-0.15, -0.1) is 10.2 Å². The number of nitrogen functional groups attached to an aromatic ring is 1. The normalized spacial score (nSPS) is 10.6. The highest BCUT2D eigenvalue weighted by Gasteiger charge is 2.14. The highest BCUT2D eigenvalue weighted by molar-refractivity contribution is 7.99. The van der Waals surface area contributed by atoms with Crippen molar-refractivity contribution in [3.63, 3.8) is 0 Å². The summed E-state index contributed by atoms with van der Waals surface area (Å²) in [6.45, 7) is 3.97. The van der Waals surface area contributed by atoms with Crippen molar-refractivity contribution < 1.29 is 9.53 Å². The predicted octanol–water partition coefficient (Wildman–Crippen LogP) is 3.02. The summed E-state index contributed by atoms with van der Waals surface area (Å²) in [7, 11) is 1.57. The number of anilines is 1. The number of nitrogens with one attached hydrogen (secondary N) is 1. The maximum absolute atomic E-state index is 12.3. The van der Waals surface area contributed by atoms with E-state index in [1.54, 1.807) is 7.11 Å². The Balaban J connectivity index is 1.66. The van der Waals surface area contributed by atoms with E-state index in [2.05, 4.69) is 15.5 Å². The topological polar surface area (TPSA) is 95.1 Å². The van der Waals surface area contributed by atoms with Gasteiger partial charge in [-0.2, -0.15) is 0 Å². The minimum Gasteiger partial charge on any atom is -0.495 e. The number of methoxy groups -OCH3 is 1. The number of nitrogens with two attached hydrogens (primary N) is 1. The Morgan fingerprint density at radius 2 is 1.85 bits per heavy atom. The Labute approximate surface area is 161 Å². The van der Waals surface area contributed by atoms with E-state index in [1.807, 2.05) is 56.3 Å². The van der Waals surface area contributed by atoms with Crippen LogP contribution in [-0.4, -0.2) is 33.6 Å². The number of hydrogen-bond donors (Lipinski definition) is 2. The first kappa shape index (κ1) is 18.8. The molecule has 0 saturated carbocycles. The average Bonchev–Trinajstić information content (AvgIpc) is 3.01. The van der Waals surface area contributed by atoms with E-state index < -0.39 is 0 Å². The van der Waals surface area contributed by atoms with Gasteiger partial charge in [-0.1, -0.05) is 47.7 Å². The van der Waals surface area contributed by atoms with Gasteiger partial charge in [0.2, 0.25) is 11.1 Å². The fourth-order valence-electron chi connectivity index (χ4n) is 2.51. The van der Waals surface area contributed by atoms with Crippen LogP contribution in [0.5, 0.6) is 5.75 Å². The molecule has 0 aliphatic rings. The van der Waals surface area contributed by atoms with Gasteiger partial charge in [0.05, 0.1) is 18.6 Å². The van der Waals surface area contributed by atoms with Crippen LogP contribution in [0.1, 0.15) is 11.1 Å². The molecule has 1 aromatic heterocycles. The van der Waals surface area contributed by atoms with Crippen molar-refractivity contribution in [1.82, 2.24) is 14.9 Å². The first-order valence-corrected chi connectivity index (χ1v) is 9.31. The number of thioether (sulfide) groups is 1. The number of rotatable bonds is 6. The van der Waals surface area contributed by atoms with Gasteiger partial charge in [0.25, 0.3) is 0 Å². The molecule has 0 aliphatic carbocycles. The molecule has 8 heteroatoms. The van der Waals surface area contributed by atoms with Crippen LogP contribution in [0, 0.1) is 13.8 Å². The molecule has 2 aromatic carbocycles. The number of carbonyl (C=O) groups excluding carboxylic acids is 1. The Kier molecular flexibility index (Phi) is 5.66. The van der Waals surface area contributed by atoms with Gasteiger partial charge in [-0.3, -0.25) is 4.79 Å². The van der Waals surface area contributed by atoms with Crippen LogP contribution >= 0.6 is 11.8 Å². The monoisotopic (exact) mass is 383 g/mol. The molecule has 3 rings (SSSR count). The molecule has 0 fully saturated rings. The molecule has 0 bridgehead atoms. The Bertz CT molecular complexity index is 953. The summed E-state index contributed by atoms with van der Waals surface area (Å²) in [5, 5.41) is 11.5. The Morgan fingerprint density at radius 3 is 2.56 bits per heavy atom. The summed E-state index contributed by atoms with van der Waals surface area (Å²) in [6, 6.07) is 13.5. The van der Waals surface area contributed by atoms with Crippen LogP contribution in [-0.2, 0) is 4.79 Å². The van der Waals surface area contributed by atoms with Gasteiger partial charge < -0.3 is 15.9 Å². The van der Waals surface area contributed by atoms with Crippen LogP contribution in [0.15, 0.2) is 47.6 Å². The largest absolute Gasteiger partial charge is 0.495 e. The molecular weight excluding hydrogens is 362 g/mol. The standard InChI is InChI=1S/C19H21N5O2S/c1-12-4-7-14(8-5-12)18-22-23-19(24(18)20)27-11-17(25)21-15-10-13(2)6-9-16(15)26-3/h4-10H,11,20H2,1-3H3,(H,21,25). The second kappa shape index (κ2) is 8.13. The minimum absolute atomic E-state index is 0.153. The van der Waals surface area contributed by atoms with Crippen LogP contribution in [0.25, 0.3) is 11.4 Å². The van der Waals surface area contributed by atoms with Gasteiger partial charge in [-0.25, -0.2) is 4.68 Å². The molecule has 1 heterocycles. The van der Waals surface area contributed by atoms with Gasteiger partial charge in [0.1, 0.15) is 5.75 Å². The van der Waals surface area contributed by atoms with E-state index in [4.69, 9.17) is 10.6 Å². The highest BCUT2D eigenvalue weighted by Crippen LogP contribution is 2.26. The van der Waals surface area contributed by atoms with E-state index in [-0.39, 0.29) is 11.7 Å². The molecule has 7 nitrogen and oxygen atoms in total. The summed E-state index contributed by atoms with van der Waals surface area (Å²) in [5.41, 5.74) is 3.69. The number of ether oxygens (including phenoxy) is 1. The Morgan fingerprint density at radius 1 is 1.15 bits per heavy atom. The average molecular weight is 383 g/mol. The van der Waals surface area contributed by atoms with Crippen LogP contribution < -0.4 is 15.9 Å². The number of nitrogens with zero attached hydrogens (tertiary/aromatic N) is 3. The van der Waals surface area contributed by atoms with Crippen LogP contribution in [0.2, 0.25) is 0 Å². The van der Waals surface area contributed by atoms with Crippen molar-refractivity contribution in [3.05, 3.63) is 53.6 Å². The molecule has 0 spiro atoms. The van der Waals surface area contributed by atoms with E-state index >= 15 is 0 Å². The van der Waals surface area contributed by atoms with E-state index in [0.717, 1.165) is 16.7 Å². The van der Waals surface area contributed by atoms with Crippen LogP contribution in [0.4, 0.5) is 5.69 Å². The molecule has 0 unspecified atom stereocenters. The van der Waals surface area contributed by atoms with Gasteiger partial charge >= 0.3 is 0 Å². The summed E-state index contributed by atoms with van der Waals surface area (Å²) in [4.78, 5) is 12.3. The van der Waals surface area contributed by atoms with Crippen molar-refractivity contribution in [1.29, 1.82) is 0 Å². The van der Waals surface area contributed by atoms with Crippen molar-refractivity contribution in [3.8, 4) is 17.1 Å². The second-order valence-electron chi connectivity index (χ2n) is 6.08. The second-order valence-corrected chi connectivity index (χ2v) is 7.03. The highest BCUT2D eigenvalue weighted by atomic mass is 32.2. The molecule has 27 heavy (non-hydrogen) atoms. The van der Waals surface area contributed by atoms with Crippen molar-refractivity contribution in [2.45, 2.75) is 19.0 Å². The van der Waals surface area contributed by atoms with Gasteiger partial charge in [-0.05, 0) is 31.5 Å². The third-order valence-corrected chi connectivity index (χ3v) is 4.88. The lowest BCUT2D eigenvalue weighted by atomic mass is 10.1. The fraction of sp³-hybridized carbons (Fsp3) is 0.211. The molecule has 1 amide bonds. The molecule has 0 atom stereocenters. The third-order valence-electron chi connectivity index (χ3n) is 3.94. The lowest BCUT2D eigenvalue weighted by Crippen LogP contribution is -2.17. The number of aryl methyl sites for hydroxylation is 2. The van der Waals surface area contributed by atoms with E-state index in [0.29, 0.717) is 22.4 Å². The number of aromatic nitrogens is 3. The zero-order chi connectivity index (χ0) is 19.4. The smallest absolute Gasteiger partial charge is 0.234 e. The zero-order valence-corrected chi connectivity index (χ0v) is 16.2. The van der Waals surface area contributed by atoms with Crippen molar-refractivity contribution in [2.75, 3.05) is 24.0 Å². The van der Waals surface area contributed by atoms with E-state index in [1.165, 1.54) is 16.4 Å². The quantitative estimate of drug-likeness (QED) is 0.502. The third kappa shape index (κ3) is 4.40. The summed E-state index contributed by atoms with van der Waals surface area (Å²) in [6.07, 6.45) is 0. The number of benzene rings is 2. The fourth-order valence-corrected chi connectivity index (χ4v) is 3.17. The lowest BCUT2D eigenvalue weighted by Gasteiger charge is -2.10. The SMILES string of the molecule is COc1ccc(C)cc1NC(=O)CSc1nnc(-c2ccc(C)cc2)n1N. The number of hydrogen-bond acceptors (Lipinski definition) is 6. The summed E-state index contributed by atoms with van der Waals surface area (Å²) < 4.78 is 6.67. The van der Waals surface area contributed by atoms with Gasteiger partial charge in [0, 0.05) is 5.56 Å². The van der Waals surface area contributed by atoms with Crippen LogP contribution in [0.3, 0.4) is 0 Å². The molecule has 0 aliphatic heterocycles. The zero-order valence-electron chi connectivity index (χ0n) is 15.4. The Hall–Kier alpha value is -3.00. The predicted molar refractivity (Wildman–Crippen MR) is 107 cm³/mol. The number of amides is 1. The molecule has 140 valence electrons. The molecule has 3 aromatic rings. The minimum atomic E-state index is -0.177. The van der Waals surface area contributed by atoms with Crippen molar-refractivity contribution >= 4 is 23.4 Å². The summed E-state index contributed by atoms with van der Waals surface area (Å²) >= 11 is 1.22. The molecule has 0 radical (unpaired) electrons. The number of carbonyl (C=O) groups is 1. The van der Waals surface area contributed by atoms with E-state index in [9.17, 15) is 4.79 Å². The molecular formula is C19H21N5O2S. The first-order valence-electron chi connectivity index (χ1n) is 8.32. The molecule has 3 N–H and O–H groups in total. The maximum Gasteiger partial charge on any atom is 0.234 e. The maximum atomic E-state index is 12.3. The van der Waals surface area contributed by atoms with Crippen molar-refractivity contribution in [2.24, 2.45) is 0 Å². The molecule has 0 saturated heterocycles. The lowest BCUT2D eigenvalue weighted by molar-refractivity contribution is -0.113.